The van der Waals surface area contributed by atoms with Gasteiger partial charge in [0, 0.05) is 10.3 Å². The third-order valence-corrected chi connectivity index (χ3v) is 1.62. The molecule has 0 bridgehead atoms. The molecule has 0 aromatic heterocycles. The smallest absolute Gasteiger partial charge is 0.303 e. The highest BCUT2D eigenvalue weighted by Gasteiger charge is 1.98. The number of aliphatic carboxylic acids is 1. The molecule has 0 radical (unpaired) electrons. The van der Waals surface area contributed by atoms with Crippen molar-refractivity contribution in [2.75, 3.05) is 0 Å². The third kappa shape index (κ3) is 8.20. The molecule has 0 amide bonds. The van der Waals surface area contributed by atoms with E-state index in [1.54, 1.807) is 0 Å². The lowest BCUT2D eigenvalue weighted by Gasteiger charge is -1.98. The fourth-order valence-corrected chi connectivity index (χ4v) is 0.975. The Bertz CT molecular complexity index is 91.1. The Morgan fingerprint density at radius 3 is 2.67 bits per heavy atom. The molecule has 0 spiro atoms. The van der Waals surface area contributed by atoms with E-state index in [1.165, 1.54) is 0 Å². The van der Waals surface area contributed by atoms with Crippen LogP contribution < -0.4 is 0 Å². The number of carboxylic acid groups (broad SMARTS) is 1. The number of hydrogen-bond acceptors (Lipinski definition) is 1. The van der Waals surface area contributed by atoms with Crippen LogP contribution in [0, 0.1) is 0 Å². The van der Waals surface area contributed by atoms with Crippen LogP contribution >= 0.6 is 22.6 Å². The molecule has 54 valence electrons. The second-order valence-corrected chi connectivity index (χ2v) is 4.19. The van der Waals surface area contributed by atoms with Crippen LogP contribution in [-0.4, -0.2) is 15.0 Å². The standard InChI is InChI=1S/C6H11IO2/c1-5(7)3-2-4-6(8)9/h5H,2-4H2,1H3,(H,8,9). The van der Waals surface area contributed by atoms with Gasteiger partial charge < -0.3 is 5.11 Å². The van der Waals surface area contributed by atoms with E-state index in [9.17, 15) is 4.79 Å². The van der Waals surface area contributed by atoms with E-state index in [-0.39, 0.29) is 0 Å². The predicted molar refractivity (Wildman–Crippen MR) is 45.0 cm³/mol. The van der Waals surface area contributed by atoms with Crippen molar-refractivity contribution in [3.63, 3.8) is 0 Å². The topological polar surface area (TPSA) is 37.3 Å². The Morgan fingerprint density at radius 2 is 2.33 bits per heavy atom. The first-order chi connectivity index (χ1) is 4.13. The minimum atomic E-state index is -0.688. The third-order valence-electron chi connectivity index (χ3n) is 0.993. The van der Waals surface area contributed by atoms with Gasteiger partial charge in [0.05, 0.1) is 0 Å². The van der Waals surface area contributed by atoms with Gasteiger partial charge in [0.25, 0.3) is 0 Å². The molecule has 2 nitrogen and oxygen atoms in total. The summed E-state index contributed by atoms with van der Waals surface area (Å²) in [7, 11) is 0. The maximum Gasteiger partial charge on any atom is 0.303 e. The molecule has 1 N–H and O–H groups in total. The molecule has 0 aliphatic heterocycles. The van der Waals surface area contributed by atoms with Crippen LogP contribution in [0.2, 0.25) is 0 Å². The van der Waals surface area contributed by atoms with Gasteiger partial charge in [-0.15, -0.1) is 0 Å². The van der Waals surface area contributed by atoms with Gasteiger partial charge >= 0.3 is 5.97 Å². The zero-order chi connectivity index (χ0) is 7.28. The predicted octanol–water partition coefficient (Wildman–Crippen LogP) is 2.06. The van der Waals surface area contributed by atoms with Gasteiger partial charge in [0.15, 0.2) is 0 Å². The van der Waals surface area contributed by atoms with Crippen LogP contribution in [-0.2, 0) is 4.79 Å². The average molecular weight is 242 g/mol. The fourth-order valence-electron chi connectivity index (χ4n) is 0.535. The summed E-state index contributed by atoms with van der Waals surface area (Å²) in [5.41, 5.74) is 0. The van der Waals surface area contributed by atoms with Gasteiger partial charge in [-0.3, -0.25) is 4.79 Å². The Balaban J connectivity index is 3.01. The zero-order valence-electron chi connectivity index (χ0n) is 5.43. The maximum absolute atomic E-state index is 9.98. The molecule has 0 aromatic rings. The normalized spacial score (nSPS) is 13.1. The van der Waals surface area contributed by atoms with Crippen molar-refractivity contribution in [2.24, 2.45) is 0 Å². The molecular weight excluding hydrogens is 231 g/mol. The maximum atomic E-state index is 9.98. The summed E-state index contributed by atoms with van der Waals surface area (Å²) < 4.78 is 0.599. The first-order valence-corrected chi connectivity index (χ1v) is 4.23. The number of hydrogen-bond donors (Lipinski definition) is 1. The molecule has 1 unspecified atom stereocenters. The van der Waals surface area contributed by atoms with E-state index in [1.807, 2.05) is 0 Å². The number of carbonyl (C=O) groups is 1. The summed E-state index contributed by atoms with van der Waals surface area (Å²) in [4.78, 5) is 9.98. The molecule has 9 heavy (non-hydrogen) atoms. The van der Waals surface area contributed by atoms with Gasteiger partial charge in [0.1, 0.15) is 0 Å². The molecule has 0 rings (SSSR count). The first-order valence-electron chi connectivity index (χ1n) is 2.99. The number of alkyl halides is 1. The molecule has 0 fully saturated rings. The number of rotatable bonds is 4. The molecule has 0 heterocycles. The number of halogens is 1. The lowest BCUT2D eigenvalue weighted by atomic mass is 10.2. The van der Waals surface area contributed by atoms with Crippen molar-refractivity contribution in [2.45, 2.75) is 30.1 Å². The highest BCUT2D eigenvalue weighted by Crippen LogP contribution is 2.08. The van der Waals surface area contributed by atoms with Crippen LogP contribution in [0.1, 0.15) is 26.2 Å². The van der Waals surface area contributed by atoms with Crippen LogP contribution in [0.4, 0.5) is 0 Å². The summed E-state index contributed by atoms with van der Waals surface area (Å²) in [5, 5.41) is 8.22. The lowest BCUT2D eigenvalue weighted by molar-refractivity contribution is -0.137. The Kier molecular flexibility index (Phi) is 5.13. The van der Waals surface area contributed by atoms with Crippen LogP contribution in [0.25, 0.3) is 0 Å². The summed E-state index contributed by atoms with van der Waals surface area (Å²) >= 11 is 2.30. The van der Waals surface area contributed by atoms with E-state index in [4.69, 9.17) is 5.11 Å². The van der Waals surface area contributed by atoms with E-state index in [0.29, 0.717) is 10.3 Å². The van der Waals surface area contributed by atoms with Crippen LogP contribution in [0.5, 0.6) is 0 Å². The number of carboxylic acids is 1. The Morgan fingerprint density at radius 1 is 1.78 bits per heavy atom. The molecular formula is C6H11IO2. The van der Waals surface area contributed by atoms with Crippen molar-refractivity contribution < 1.29 is 9.90 Å². The second-order valence-electron chi connectivity index (χ2n) is 2.07. The monoisotopic (exact) mass is 242 g/mol. The van der Waals surface area contributed by atoms with E-state index in [0.717, 1.165) is 12.8 Å². The van der Waals surface area contributed by atoms with E-state index >= 15 is 0 Å². The van der Waals surface area contributed by atoms with Crippen molar-refractivity contribution in [1.82, 2.24) is 0 Å². The van der Waals surface area contributed by atoms with Crippen LogP contribution in [0.3, 0.4) is 0 Å². The molecule has 3 heteroatoms. The Labute approximate surface area is 68.8 Å². The van der Waals surface area contributed by atoms with Gasteiger partial charge in [-0.1, -0.05) is 29.5 Å². The second kappa shape index (κ2) is 5.02. The van der Waals surface area contributed by atoms with Gasteiger partial charge in [-0.25, -0.2) is 0 Å². The average Bonchev–Trinajstić information content (AvgIpc) is 1.63. The van der Waals surface area contributed by atoms with Gasteiger partial charge in [-0.05, 0) is 12.8 Å². The van der Waals surface area contributed by atoms with Gasteiger partial charge in [0.2, 0.25) is 0 Å². The highest BCUT2D eigenvalue weighted by atomic mass is 127. The first kappa shape index (κ1) is 9.20. The van der Waals surface area contributed by atoms with Crippen molar-refractivity contribution >= 4 is 28.6 Å². The van der Waals surface area contributed by atoms with Crippen LogP contribution in [0.15, 0.2) is 0 Å². The zero-order valence-corrected chi connectivity index (χ0v) is 7.59. The summed E-state index contributed by atoms with van der Waals surface area (Å²) in [6, 6.07) is 0. The molecule has 0 aliphatic rings. The Hall–Kier alpha value is 0.200. The van der Waals surface area contributed by atoms with E-state index in [2.05, 4.69) is 29.5 Å². The fraction of sp³-hybridized carbons (Fsp3) is 0.833. The summed E-state index contributed by atoms with van der Waals surface area (Å²) in [5.74, 6) is -0.688. The molecule has 0 aromatic carbocycles. The van der Waals surface area contributed by atoms with E-state index < -0.39 is 5.97 Å². The minimum Gasteiger partial charge on any atom is -0.481 e. The molecule has 0 saturated carbocycles. The van der Waals surface area contributed by atoms with Crippen molar-refractivity contribution in [3.8, 4) is 0 Å². The molecule has 0 saturated heterocycles. The summed E-state index contributed by atoms with van der Waals surface area (Å²) in [6.07, 6.45) is 2.12. The van der Waals surface area contributed by atoms with Crippen molar-refractivity contribution in [1.29, 1.82) is 0 Å². The minimum absolute atomic E-state index is 0.313. The molecule has 0 aliphatic carbocycles. The highest BCUT2D eigenvalue weighted by molar-refractivity contribution is 14.1. The van der Waals surface area contributed by atoms with Gasteiger partial charge in [-0.2, -0.15) is 0 Å². The molecule has 1 atom stereocenters. The quantitative estimate of drug-likeness (QED) is 0.605. The summed E-state index contributed by atoms with van der Waals surface area (Å²) in [6.45, 7) is 2.09. The largest absolute Gasteiger partial charge is 0.481 e. The SMILES string of the molecule is CC(I)CCCC(=O)O. The lowest BCUT2D eigenvalue weighted by Crippen LogP contribution is -1.96. The van der Waals surface area contributed by atoms with Crippen molar-refractivity contribution in [3.05, 3.63) is 0 Å².